The van der Waals surface area contributed by atoms with E-state index < -0.39 is 0 Å². The van der Waals surface area contributed by atoms with Gasteiger partial charge < -0.3 is 4.74 Å². The van der Waals surface area contributed by atoms with Crippen molar-refractivity contribution in [2.24, 2.45) is 0 Å². The molecule has 0 heterocycles. The highest BCUT2D eigenvalue weighted by Crippen LogP contribution is 2.20. The van der Waals surface area contributed by atoms with E-state index in [1.807, 2.05) is 46.9 Å². The second-order valence-electron chi connectivity index (χ2n) is 3.07. The summed E-state index contributed by atoms with van der Waals surface area (Å²) in [5.41, 5.74) is 0. The van der Waals surface area contributed by atoms with Crippen LogP contribution in [0.5, 0.6) is 5.75 Å². The predicted octanol–water partition coefficient (Wildman–Crippen LogP) is 3.61. The second-order valence-corrected chi connectivity index (χ2v) is 3.61. The Balaban J connectivity index is 2.25. The number of benzene rings is 2. The first-order valence-electron chi connectivity index (χ1n) is 4.60. The fraction of sp³-hybridized carbons (Fsp3) is 0.0769. The van der Waals surface area contributed by atoms with Crippen LogP contribution in [-0.2, 0) is 0 Å². The standard InChI is InChI=1S/C13H9IO/c14-8-3-9-15-13-7-6-11-4-1-2-5-12(11)10-13/h1-2,4-7,10H,9H2. The third-order valence-corrected chi connectivity index (χ3v) is 2.48. The van der Waals surface area contributed by atoms with Crippen molar-refractivity contribution in [3.05, 3.63) is 42.5 Å². The molecule has 2 aromatic rings. The molecule has 0 radical (unpaired) electrons. The maximum atomic E-state index is 5.48. The highest BCUT2D eigenvalue weighted by Gasteiger charge is 1.95. The summed E-state index contributed by atoms with van der Waals surface area (Å²) in [5.74, 6) is 3.73. The van der Waals surface area contributed by atoms with Crippen LogP contribution in [0.1, 0.15) is 0 Å². The van der Waals surface area contributed by atoms with E-state index in [-0.39, 0.29) is 0 Å². The van der Waals surface area contributed by atoms with Gasteiger partial charge in [-0.1, -0.05) is 36.3 Å². The molecular weight excluding hydrogens is 299 g/mol. The highest BCUT2D eigenvalue weighted by molar-refractivity contribution is 14.1. The van der Waals surface area contributed by atoms with E-state index >= 15 is 0 Å². The first-order valence-corrected chi connectivity index (χ1v) is 5.68. The average Bonchev–Trinajstić information content (AvgIpc) is 2.29. The van der Waals surface area contributed by atoms with Gasteiger partial charge in [-0.3, -0.25) is 0 Å². The maximum absolute atomic E-state index is 5.48. The van der Waals surface area contributed by atoms with Gasteiger partial charge >= 0.3 is 0 Å². The minimum atomic E-state index is 0.446. The molecule has 0 aromatic heterocycles. The van der Waals surface area contributed by atoms with Gasteiger partial charge in [-0.05, 0) is 26.8 Å². The monoisotopic (exact) mass is 308 g/mol. The van der Waals surface area contributed by atoms with E-state index in [9.17, 15) is 0 Å². The van der Waals surface area contributed by atoms with Crippen LogP contribution in [0.15, 0.2) is 42.5 Å². The Morgan fingerprint density at radius 2 is 1.87 bits per heavy atom. The largest absolute Gasteiger partial charge is 0.481 e. The maximum Gasteiger partial charge on any atom is 0.149 e. The van der Waals surface area contributed by atoms with Gasteiger partial charge in [0.05, 0.1) is 0 Å². The molecule has 0 atom stereocenters. The van der Waals surface area contributed by atoms with Crippen LogP contribution in [0.2, 0.25) is 0 Å². The number of fused-ring (bicyclic) bond motifs is 1. The van der Waals surface area contributed by atoms with E-state index in [0.717, 1.165) is 5.75 Å². The van der Waals surface area contributed by atoms with E-state index in [2.05, 4.69) is 28.0 Å². The van der Waals surface area contributed by atoms with Crippen LogP contribution in [0.25, 0.3) is 10.8 Å². The lowest BCUT2D eigenvalue weighted by Crippen LogP contribution is -1.92. The van der Waals surface area contributed by atoms with Gasteiger partial charge in [0.1, 0.15) is 12.4 Å². The Hall–Kier alpha value is -1.21. The van der Waals surface area contributed by atoms with Gasteiger partial charge in [0.25, 0.3) is 0 Å². The molecule has 74 valence electrons. The molecule has 15 heavy (non-hydrogen) atoms. The van der Waals surface area contributed by atoms with Crippen LogP contribution in [-0.4, -0.2) is 6.61 Å². The smallest absolute Gasteiger partial charge is 0.149 e. The van der Waals surface area contributed by atoms with Gasteiger partial charge in [-0.25, -0.2) is 0 Å². The predicted molar refractivity (Wildman–Crippen MR) is 71.2 cm³/mol. The quantitative estimate of drug-likeness (QED) is 0.608. The molecule has 0 spiro atoms. The molecule has 0 bridgehead atoms. The zero-order valence-electron chi connectivity index (χ0n) is 8.03. The number of hydrogen-bond donors (Lipinski definition) is 0. The summed E-state index contributed by atoms with van der Waals surface area (Å²) >= 11 is 2.00. The van der Waals surface area contributed by atoms with Crippen molar-refractivity contribution in [2.75, 3.05) is 6.61 Å². The summed E-state index contributed by atoms with van der Waals surface area (Å²) in [6.07, 6.45) is 0. The lowest BCUT2D eigenvalue weighted by atomic mass is 10.1. The van der Waals surface area contributed by atoms with Gasteiger partial charge in [0.15, 0.2) is 0 Å². The Morgan fingerprint density at radius 1 is 1.07 bits per heavy atom. The molecule has 0 aliphatic heterocycles. The fourth-order valence-corrected chi connectivity index (χ4v) is 1.56. The van der Waals surface area contributed by atoms with Crippen LogP contribution in [0.4, 0.5) is 0 Å². The molecule has 0 fully saturated rings. The van der Waals surface area contributed by atoms with Gasteiger partial charge in [0, 0.05) is 22.6 Å². The fourth-order valence-electron chi connectivity index (χ4n) is 1.40. The molecule has 0 saturated carbocycles. The zero-order valence-corrected chi connectivity index (χ0v) is 10.2. The van der Waals surface area contributed by atoms with E-state index in [1.54, 1.807) is 0 Å². The summed E-state index contributed by atoms with van der Waals surface area (Å²) in [6, 6.07) is 14.3. The average molecular weight is 308 g/mol. The summed E-state index contributed by atoms with van der Waals surface area (Å²) in [7, 11) is 0. The minimum absolute atomic E-state index is 0.446. The molecule has 0 amide bonds. The van der Waals surface area contributed by atoms with Crippen molar-refractivity contribution >= 4 is 33.4 Å². The molecule has 0 N–H and O–H groups in total. The molecule has 2 aromatic carbocycles. The lowest BCUT2D eigenvalue weighted by molar-refractivity contribution is 0.371. The van der Waals surface area contributed by atoms with Crippen molar-refractivity contribution in [2.45, 2.75) is 0 Å². The number of halogens is 1. The van der Waals surface area contributed by atoms with Crippen LogP contribution >= 0.6 is 22.6 Å². The van der Waals surface area contributed by atoms with E-state index in [1.165, 1.54) is 10.8 Å². The molecule has 0 aliphatic rings. The Kier molecular flexibility index (Phi) is 3.46. The van der Waals surface area contributed by atoms with Gasteiger partial charge in [-0.2, -0.15) is 0 Å². The second kappa shape index (κ2) is 5.04. The SMILES string of the molecule is IC#CCOc1ccc2ccccc2c1. The first kappa shape index (κ1) is 10.3. The molecule has 0 saturated heterocycles. The summed E-state index contributed by atoms with van der Waals surface area (Å²) in [6.45, 7) is 0.446. The molecular formula is C13H9IO. The number of rotatable bonds is 2. The first-order chi connectivity index (χ1) is 7.40. The summed E-state index contributed by atoms with van der Waals surface area (Å²) in [4.78, 5) is 0. The van der Waals surface area contributed by atoms with E-state index in [4.69, 9.17) is 4.74 Å². The normalized spacial score (nSPS) is 9.40. The van der Waals surface area contributed by atoms with Crippen LogP contribution in [0, 0.1) is 9.85 Å². The molecule has 2 rings (SSSR count). The van der Waals surface area contributed by atoms with Crippen molar-refractivity contribution in [1.29, 1.82) is 0 Å². The van der Waals surface area contributed by atoms with Crippen molar-refractivity contribution in [1.82, 2.24) is 0 Å². The molecule has 2 heteroatoms. The minimum Gasteiger partial charge on any atom is -0.481 e. The van der Waals surface area contributed by atoms with Gasteiger partial charge in [-0.15, -0.1) is 0 Å². The van der Waals surface area contributed by atoms with Crippen molar-refractivity contribution < 1.29 is 4.74 Å². The zero-order chi connectivity index (χ0) is 10.5. The van der Waals surface area contributed by atoms with E-state index in [0.29, 0.717) is 6.61 Å². The van der Waals surface area contributed by atoms with Crippen LogP contribution < -0.4 is 4.74 Å². The third kappa shape index (κ3) is 2.63. The lowest BCUT2D eigenvalue weighted by Gasteiger charge is -2.03. The number of hydrogen-bond acceptors (Lipinski definition) is 1. The number of ether oxygens (including phenoxy) is 1. The topological polar surface area (TPSA) is 9.23 Å². The molecule has 1 nitrogen and oxygen atoms in total. The van der Waals surface area contributed by atoms with Gasteiger partial charge in [0.2, 0.25) is 0 Å². The summed E-state index contributed by atoms with van der Waals surface area (Å²) in [5, 5.41) is 2.42. The third-order valence-electron chi connectivity index (χ3n) is 2.10. The summed E-state index contributed by atoms with van der Waals surface area (Å²) < 4.78 is 8.25. The van der Waals surface area contributed by atoms with Crippen molar-refractivity contribution in [3.8, 4) is 15.6 Å². The van der Waals surface area contributed by atoms with Crippen molar-refractivity contribution in [3.63, 3.8) is 0 Å². The highest BCUT2D eigenvalue weighted by atomic mass is 127. The molecule has 0 unspecified atom stereocenters. The van der Waals surface area contributed by atoms with Crippen LogP contribution in [0.3, 0.4) is 0 Å². The Morgan fingerprint density at radius 3 is 2.67 bits per heavy atom. The Bertz CT molecular complexity index is 523. The Labute approximate surface area is 103 Å². The molecule has 0 aliphatic carbocycles.